The molecule has 0 bridgehead atoms. The quantitative estimate of drug-likeness (QED) is 0.140. The van der Waals surface area contributed by atoms with Gasteiger partial charge in [-0.15, -0.1) is 0 Å². The molecule has 1 heteroatoms. The van der Waals surface area contributed by atoms with Gasteiger partial charge in [-0.3, -0.25) is 0 Å². The minimum absolute atomic E-state index is 0.659. The van der Waals surface area contributed by atoms with Crippen molar-refractivity contribution < 1.29 is 0 Å². The molecule has 66 heavy (non-hydrogen) atoms. The summed E-state index contributed by atoms with van der Waals surface area (Å²) in [5.74, 6) is 0. The lowest BCUT2D eigenvalue weighted by Crippen LogP contribution is -2.28. The summed E-state index contributed by atoms with van der Waals surface area (Å²) in [6.45, 7) is 0. The van der Waals surface area contributed by atoms with Gasteiger partial charge < -0.3 is 4.90 Å². The molecule has 0 saturated carbocycles. The van der Waals surface area contributed by atoms with Crippen molar-refractivity contribution in [3.8, 4) is 55.6 Å². The normalized spacial score (nSPS) is 13.8. The van der Waals surface area contributed by atoms with Crippen LogP contribution < -0.4 is 4.90 Å². The van der Waals surface area contributed by atoms with Crippen LogP contribution in [0.25, 0.3) is 66.4 Å². The van der Waals surface area contributed by atoms with Crippen molar-refractivity contribution in [2.24, 2.45) is 0 Å². The Morgan fingerprint density at radius 2 is 0.727 bits per heavy atom. The molecular weight excluding hydrogens is 795 g/mol. The fourth-order valence-corrected chi connectivity index (χ4v) is 10.5. The van der Waals surface area contributed by atoms with Crippen LogP contribution in [0.2, 0.25) is 0 Å². The average Bonchev–Trinajstić information content (AvgIpc) is 3.71. The lowest BCUT2D eigenvalue weighted by Gasteiger charge is -2.35. The van der Waals surface area contributed by atoms with E-state index in [4.69, 9.17) is 0 Å². The second kappa shape index (κ2) is 16.6. The van der Waals surface area contributed by atoms with Crippen molar-refractivity contribution in [2.45, 2.75) is 5.41 Å². The summed E-state index contributed by atoms with van der Waals surface area (Å²) in [7, 11) is 0. The molecular formula is C65H45N. The van der Waals surface area contributed by atoms with Crippen molar-refractivity contribution >= 4 is 27.8 Å². The molecule has 11 aromatic rings. The Morgan fingerprint density at radius 3 is 1.36 bits per heavy atom. The van der Waals surface area contributed by atoms with Gasteiger partial charge in [0, 0.05) is 16.9 Å². The third-order valence-corrected chi connectivity index (χ3v) is 13.5. The Hall–Kier alpha value is -8.52. The van der Waals surface area contributed by atoms with Crippen LogP contribution >= 0.6 is 0 Å². The molecule has 1 unspecified atom stereocenters. The fourth-order valence-electron chi connectivity index (χ4n) is 10.5. The van der Waals surface area contributed by atoms with Gasteiger partial charge in [0.2, 0.25) is 0 Å². The van der Waals surface area contributed by atoms with E-state index in [1.807, 2.05) is 0 Å². The number of benzene rings is 11. The van der Waals surface area contributed by atoms with Crippen molar-refractivity contribution in [1.29, 1.82) is 0 Å². The van der Waals surface area contributed by atoms with Crippen molar-refractivity contribution in [3.05, 3.63) is 295 Å². The van der Waals surface area contributed by atoms with E-state index < -0.39 is 5.41 Å². The zero-order chi connectivity index (χ0) is 43.9. The van der Waals surface area contributed by atoms with E-state index in [1.54, 1.807) is 0 Å². The molecule has 1 aliphatic carbocycles. The van der Waals surface area contributed by atoms with Crippen LogP contribution in [0.15, 0.2) is 273 Å². The predicted molar refractivity (Wildman–Crippen MR) is 278 cm³/mol. The first-order chi connectivity index (χ1) is 32.7. The van der Waals surface area contributed by atoms with Crippen LogP contribution in [0.4, 0.5) is 17.1 Å². The maximum Gasteiger partial charge on any atom is 0.0714 e. The molecule has 0 fully saturated rings. The first-order valence-electron chi connectivity index (χ1n) is 22.8. The standard InChI is InChI=1S/C65H45N/c1-5-19-46(20-6-1)49-35-39-56(40-36-49)66(57-41-37-50(38-42-57)47-21-7-2-8-22-47)63-45-53(59-33-18-26-51-25-13-14-31-58(51)59)44-62-64(63)60-32-15-16-34-61(60)65(62,54-28-11-4-12-29-54)55-30-17-27-52(43-55)48-23-9-3-10-24-48/h1-45H. The van der Waals surface area contributed by atoms with Gasteiger partial charge in [0.15, 0.2) is 0 Å². The first kappa shape index (κ1) is 39.1. The number of anilines is 3. The molecule has 0 aliphatic heterocycles. The summed E-state index contributed by atoms with van der Waals surface area (Å²) in [5.41, 5.74) is 19.6. The van der Waals surface area contributed by atoms with Crippen LogP contribution in [0.3, 0.4) is 0 Å². The molecule has 0 aromatic heterocycles. The summed E-state index contributed by atoms with van der Waals surface area (Å²) in [5, 5.41) is 2.44. The third-order valence-electron chi connectivity index (χ3n) is 13.5. The Bertz CT molecular complexity index is 3400. The van der Waals surface area contributed by atoms with E-state index in [0.717, 1.165) is 17.1 Å². The van der Waals surface area contributed by atoms with Gasteiger partial charge in [-0.05, 0) is 126 Å². The van der Waals surface area contributed by atoms with E-state index in [9.17, 15) is 0 Å². The molecule has 0 N–H and O–H groups in total. The summed E-state index contributed by atoms with van der Waals surface area (Å²) in [4.78, 5) is 2.50. The Labute approximate surface area is 387 Å². The van der Waals surface area contributed by atoms with Gasteiger partial charge in [-0.1, -0.05) is 231 Å². The van der Waals surface area contributed by atoms with E-state index in [2.05, 4.69) is 278 Å². The molecule has 11 aromatic carbocycles. The number of hydrogen-bond acceptors (Lipinski definition) is 1. The minimum atomic E-state index is -0.659. The lowest BCUT2D eigenvalue weighted by atomic mass is 9.67. The zero-order valence-electron chi connectivity index (χ0n) is 36.4. The largest absolute Gasteiger partial charge is 0.310 e. The van der Waals surface area contributed by atoms with Crippen LogP contribution in [0, 0.1) is 0 Å². The van der Waals surface area contributed by atoms with Gasteiger partial charge in [-0.2, -0.15) is 0 Å². The molecule has 0 saturated heterocycles. The summed E-state index contributed by atoms with van der Waals surface area (Å²) in [6, 6.07) is 100. The maximum absolute atomic E-state index is 2.51. The van der Waals surface area contributed by atoms with Gasteiger partial charge in [0.05, 0.1) is 11.1 Å². The molecule has 0 radical (unpaired) electrons. The number of fused-ring (bicyclic) bond motifs is 4. The van der Waals surface area contributed by atoms with Crippen LogP contribution in [0.1, 0.15) is 22.3 Å². The summed E-state index contributed by atoms with van der Waals surface area (Å²) >= 11 is 0. The SMILES string of the molecule is c1ccc(-c2ccc(N(c3ccc(-c4ccccc4)cc3)c3cc(-c4cccc5ccccc45)cc4c3-c3ccccc3C4(c3ccccc3)c3cccc(-c4ccccc4)c3)cc2)cc1. The predicted octanol–water partition coefficient (Wildman–Crippen LogP) is 17.3. The van der Waals surface area contributed by atoms with Crippen LogP contribution in [-0.4, -0.2) is 0 Å². The lowest BCUT2D eigenvalue weighted by molar-refractivity contribution is 0.769. The topological polar surface area (TPSA) is 3.24 Å². The molecule has 1 atom stereocenters. The highest BCUT2D eigenvalue weighted by atomic mass is 15.1. The second-order valence-electron chi connectivity index (χ2n) is 17.2. The highest BCUT2D eigenvalue weighted by molar-refractivity contribution is 6.03. The van der Waals surface area contributed by atoms with Crippen molar-refractivity contribution in [2.75, 3.05) is 4.90 Å². The maximum atomic E-state index is 2.51. The van der Waals surface area contributed by atoms with Gasteiger partial charge in [0.25, 0.3) is 0 Å². The third kappa shape index (κ3) is 6.64. The Kier molecular flexibility index (Phi) is 9.81. The highest BCUT2D eigenvalue weighted by Gasteiger charge is 2.48. The average molecular weight is 840 g/mol. The molecule has 0 spiro atoms. The number of hydrogen-bond donors (Lipinski definition) is 0. The molecule has 0 heterocycles. The summed E-state index contributed by atoms with van der Waals surface area (Å²) in [6.07, 6.45) is 0. The van der Waals surface area contributed by atoms with E-state index >= 15 is 0 Å². The van der Waals surface area contributed by atoms with Crippen molar-refractivity contribution in [3.63, 3.8) is 0 Å². The van der Waals surface area contributed by atoms with Gasteiger partial charge in [-0.25, -0.2) is 0 Å². The van der Waals surface area contributed by atoms with E-state index in [1.165, 1.54) is 88.7 Å². The molecule has 0 amide bonds. The van der Waals surface area contributed by atoms with Crippen LogP contribution in [-0.2, 0) is 5.41 Å². The van der Waals surface area contributed by atoms with Crippen molar-refractivity contribution in [1.82, 2.24) is 0 Å². The molecule has 12 rings (SSSR count). The number of nitrogens with zero attached hydrogens (tertiary/aromatic N) is 1. The molecule has 1 aliphatic rings. The minimum Gasteiger partial charge on any atom is -0.310 e. The smallest absolute Gasteiger partial charge is 0.0714 e. The molecule has 1 nitrogen and oxygen atoms in total. The van der Waals surface area contributed by atoms with Crippen LogP contribution in [0.5, 0.6) is 0 Å². The summed E-state index contributed by atoms with van der Waals surface area (Å²) < 4.78 is 0. The van der Waals surface area contributed by atoms with Gasteiger partial charge in [0.1, 0.15) is 0 Å². The number of rotatable bonds is 9. The second-order valence-corrected chi connectivity index (χ2v) is 17.2. The zero-order valence-corrected chi connectivity index (χ0v) is 36.4. The Balaban J connectivity index is 1.19. The van der Waals surface area contributed by atoms with E-state index in [0.29, 0.717) is 0 Å². The fraction of sp³-hybridized carbons (Fsp3) is 0.0154. The van der Waals surface area contributed by atoms with Gasteiger partial charge >= 0.3 is 0 Å². The Morgan fingerprint density at radius 1 is 0.273 bits per heavy atom. The van der Waals surface area contributed by atoms with E-state index in [-0.39, 0.29) is 0 Å². The highest BCUT2D eigenvalue weighted by Crippen LogP contribution is 2.61. The monoisotopic (exact) mass is 839 g/mol. The molecule has 310 valence electrons. The first-order valence-corrected chi connectivity index (χ1v) is 22.8.